The summed E-state index contributed by atoms with van der Waals surface area (Å²) in [5.41, 5.74) is 0. The minimum Gasteiger partial charge on any atom is -0.343 e. The Morgan fingerprint density at radius 3 is 2.50 bits per heavy atom. The van der Waals surface area contributed by atoms with E-state index in [2.05, 4.69) is 24.1 Å². The highest BCUT2D eigenvalue weighted by Gasteiger charge is 2.24. The van der Waals surface area contributed by atoms with Crippen LogP contribution in [0.2, 0.25) is 0 Å². The zero-order chi connectivity index (χ0) is 14.4. The molecule has 0 aromatic carbocycles. The molecule has 1 N–H and O–H groups in total. The molecule has 2 aliphatic rings. The second-order valence-electron chi connectivity index (χ2n) is 7.09. The highest BCUT2D eigenvalue weighted by molar-refractivity contribution is 5.76. The van der Waals surface area contributed by atoms with Crippen LogP contribution in [-0.2, 0) is 4.79 Å². The van der Waals surface area contributed by atoms with Crippen molar-refractivity contribution in [2.75, 3.05) is 13.1 Å². The topological polar surface area (TPSA) is 32.3 Å². The smallest absolute Gasteiger partial charge is 0.222 e. The van der Waals surface area contributed by atoms with Gasteiger partial charge in [-0.15, -0.1) is 0 Å². The highest BCUT2D eigenvalue weighted by atomic mass is 16.2. The summed E-state index contributed by atoms with van der Waals surface area (Å²) in [5.74, 6) is 1.06. The molecule has 1 amide bonds. The molecule has 0 unspecified atom stereocenters. The molecule has 0 aromatic heterocycles. The van der Waals surface area contributed by atoms with E-state index in [4.69, 9.17) is 0 Å². The van der Waals surface area contributed by atoms with Gasteiger partial charge in [0.1, 0.15) is 0 Å². The Bertz CT molecular complexity index is 297. The summed E-state index contributed by atoms with van der Waals surface area (Å²) >= 11 is 0. The fourth-order valence-electron chi connectivity index (χ4n) is 3.46. The number of amides is 1. The average molecular weight is 280 g/mol. The monoisotopic (exact) mass is 280 g/mol. The highest BCUT2D eigenvalue weighted by Crippen LogP contribution is 2.20. The number of likely N-dealkylation sites (tertiary alicyclic amines) is 1. The Hall–Kier alpha value is -0.570. The van der Waals surface area contributed by atoms with Crippen molar-refractivity contribution in [2.45, 2.75) is 83.7 Å². The normalized spacial score (nSPS) is 26.1. The first kappa shape index (κ1) is 15.8. The van der Waals surface area contributed by atoms with Crippen molar-refractivity contribution in [3.8, 4) is 0 Å². The molecular weight excluding hydrogens is 248 g/mol. The minimum absolute atomic E-state index is 0.374. The zero-order valence-corrected chi connectivity index (χ0v) is 13.4. The van der Waals surface area contributed by atoms with Crippen molar-refractivity contribution in [3.63, 3.8) is 0 Å². The van der Waals surface area contributed by atoms with Crippen LogP contribution in [0.5, 0.6) is 0 Å². The van der Waals surface area contributed by atoms with E-state index in [-0.39, 0.29) is 0 Å². The summed E-state index contributed by atoms with van der Waals surface area (Å²) in [6.45, 7) is 6.37. The number of nitrogens with one attached hydrogen (secondary N) is 1. The first-order chi connectivity index (χ1) is 9.65. The summed E-state index contributed by atoms with van der Waals surface area (Å²) in [5, 5.41) is 3.82. The van der Waals surface area contributed by atoms with Gasteiger partial charge in [-0.25, -0.2) is 0 Å². The largest absolute Gasteiger partial charge is 0.343 e. The van der Waals surface area contributed by atoms with Crippen LogP contribution >= 0.6 is 0 Å². The summed E-state index contributed by atoms with van der Waals surface area (Å²) in [6, 6.07) is 1.28. The molecule has 2 fully saturated rings. The number of hydrogen-bond donors (Lipinski definition) is 1. The Balaban J connectivity index is 1.76. The van der Waals surface area contributed by atoms with Crippen LogP contribution in [0, 0.1) is 5.92 Å². The molecule has 1 aliphatic carbocycles. The lowest BCUT2D eigenvalue weighted by Crippen LogP contribution is -2.40. The maximum atomic E-state index is 12.2. The average Bonchev–Trinajstić information content (AvgIpc) is 2.61. The second-order valence-corrected chi connectivity index (χ2v) is 7.09. The molecule has 1 atom stereocenters. The number of rotatable bonds is 5. The molecule has 1 saturated carbocycles. The fourth-order valence-corrected chi connectivity index (χ4v) is 3.46. The zero-order valence-electron chi connectivity index (χ0n) is 13.4. The summed E-state index contributed by atoms with van der Waals surface area (Å²) in [4.78, 5) is 14.3. The van der Waals surface area contributed by atoms with Gasteiger partial charge in [0.25, 0.3) is 0 Å². The summed E-state index contributed by atoms with van der Waals surface area (Å²) < 4.78 is 0. The van der Waals surface area contributed by atoms with E-state index in [1.807, 2.05) is 0 Å². The molecule has 116 valence electrons. The maximum absolute atomic E-state index is 12.2. The van der Waals surface area contributed by atoms with Gasteiger partial charge in [-0.1, -0.05) is 33.1 Å². The van der Waals surface area contributed by atoms with Crippen LogP contribution in [0.4, 0.5) is 0 Å². The molecule has 20 heavy (non-hydrogen) atoms. The van der Waals surface area contributed by atoms with E-state index in [9.17, 15) is 4.79 Å². The van der Waals surface area contributed by atoms with Crippen molar-refractivity contribution in [2.24, 2.45) is 5.92 Å². The summed E-state index contributed by atoms with van der Waals surface area (Å²) in [6.07, 6.45) is 10.9. The van der Waals surface area contributed by atoms with Crippen molar-refractivity contribution < 1.29 is 4.79 Å². The minimum atomic E-state index is 0.374. The lowest BCUT2D eigenvalue weighted by Gasteiger charge is -2.28. The third kappa shape index (κ3) is 5.08. The molecule has 3 heteroatoms. The predicted octanol–water partition coefficient (Wildman–Crippen LogP) is 3.34. The third-order valence-electron chi connectivity index (χ3n) is 4.86. The third-order valence-corrected chi connectivity index (χ3v) is 4.86. The van der Waals surface area contributed by atoms with Crippen LogP contribution in [0.3, 0.4) is 0 Å². The van der Waals surface area contributed by atoms with Gasteiger partial charge in [0.05, 0.1) is 0 Å². The van der Waals surface area contributed by atoms with Gasteiger partial charge in [0, 0.05) is 31.6 Å². The Morgan fingerprint density at radius 2 is 1.80 bits per heavy atom. The van der Waals surface area contributed by atoms with Gasteiger partial charge in [0.15, 0.2) is 0 Å². The lowest BCUT2D eigenvalue weighted by molar-refractivity contribution is -0.130. The van der Waals surface area contributed by atoms with Crippen LogP contribution in [-0.4, -0.2) is 36.0 Å². The number of carbonyl (C=O) groups is 1. The molecule has 2 rings (SSSR count). The van der Waals surface area contributed by atoms with Gasteiger partial charge < -0.3 is 10.2 Å². The molecule has 0 radical (unpaired) electrons. The molecule has 0 spiro atoms. The van der Waals surface area contributed by atoms with E-state index in [1.54, 1.807) is 0 Å². The van der Waals surface area contributed by atoms with E-state index in [1.165, 1.54) is 32.1 Å². The van der Waals surface area contributed by atoms with Gasteiger partial charge in [0.2, 0.25) is 5.91 Å². The fraction of sp³-hybridized carbons (Fsp3) is 0.941. The van der Waals surface area contributed by atoms with Crippen molar-refractivity contribution >= 4 is 5.91 Å². The van der Waals surface area contributed by atoms with Gasteiger partial charge in [-0.05, 0) is 38.0 Å². The van der Waals surface area contributed by atoms with Crippen LogP contribution in [0.1, 0.15) is 71.6 Å². The molecule has 3 nitrogen and oxygen atoms in total. The van der Waals surface area contributed by atoms with Crippen LogP contribution in [0.25, 0.3) is 0 Å². The van der Waals surface area contributed by atoms with Crippen molar-refractivity contribution in [3.05, 3.63) is 0 Å². The van der Waals surface area contributed by atoms with Gasteiger partial charge in [-0.2, -0.15) is 0 Å². The Labute approximate surface area is 124 Å². The molecule has 0 bridgehead atoms. The van der Waals surface area contributed by atoms with Crippen LogP contribution in [0.15, 0.2) is 0 Å². The van der Waals surface area contributed by atoms with E-state index in [0.717, 1.165) is 38.8 Å². The van der Waals surface area contributed by atoms with Gasteiger partial charge >= 0.3 is 0 Å². The standard InChI is InChI=1S/C17H32N2O/c1-14(2)10-12-19-13-11-16(8-9-17(19)20)18-15-6-4-3-5-7-15/h14-16,18H,3-13H2,1-2H3/t16-/m1/s1. The van der Waals surface area contributed by atoms with Crippen LogP contribution < -0.4 is 5.32 Å². The summed E-state index contributed by atoms with van der Waals surface area (Å²) in [7, 11) is 0. The SMILES string of the molecule is CC(C)CCN1CC[C@H](NC2CCCCC2)CCC1=O. The molecular formula is C17H32N2O. The number of hydrogen-bond acceptors (Lipinski definition) is 2. The Morgan fingerprint density at radius 1 is 1.10 bits per heavy atom. The van der Waals surface area contributed by atoms with Gasteiger partial charge in [-0.3, -0.25) is 4.79 Å². The number of nitrogens with zero attached hydrogens (tertiary/aromatic N) is 1. The van der Waals surface area contributed by atoms with E-state index < -0.39 is 0 Å². The van der Waals surface area contributed by atoms with Crippen molar-refractivity contribution in [1.82, 2.24) is 10.2 Å². The van der Waals surface area contributed by atoms with E-state index >= 15 is 0 Å². The molecule has 1 saturated heterocycles. The van der Waals surface area contributed by atoms with Crippen molar-refractivity contribution in [1.29, 1.82) is 0 Å². The first-order valence-electron chi connectivity index (χ1n) is 8.69. The van der Waals surface area contributed by atoms with E-state index in [0.29, 0.717) is 23.9 Å². The lowest BCUT2D eigenvalue weighted by atomic mass is 9.94. The molecule has 1 aliphatic heterocycles. The first-order valence-corrected chi connectivity index (χ1v) is 8.69. The molecule has 0 aromatic rings. The second kappa shape index (κ2) is 8.02. The quantitative estimate of drug-likeness (QED) is 0.837. The Kier molecular flexibility index (Phi) is 6.34. The number of carbonyl (C=O) groups excluding carboxylic acids is 1. The molecule has 1 heterocycles. The predicted molar refractivity (Wildman–Crippen MR) is 83.7 cm³/mol. The maximum Gasteiger partial charge on any atom is 0.222 e.